The van der Waals surface area contributed by atoms with Gasteiger partial charge in [0.2, 0.25) is 5.91 Å². The van der Waals surface area contributed by atoms with Crippen molar-refractivity contribution in [1.29, 1.82) is 0 Å². The second-order valence-electron chi connectivity index (χ2n) is 9.29. The molecule has 0 heterocycles. The van der Waals surface area contributed by atoms with E-state index in [1.807, 2.05) is 0 Å². The maximum atomic E-state index is 13.7. The van der Waals surface area contributed by atoms with Gasteiger partial charge in [0, 0.05) is 25.1 Å². The molecule has 0 unspecified atom stereocenters. The van der Waals surface area contributed by atoms with Gasteiger partial charge >= 0.3 is 0 Å². The fourth-order valence-corrected chi connectivity index (χ4v) is 4.96. The number of amides is 1. The van der Waals surface area contributed by atoms with Gasteiger partial charge in [-0.2, -0.15) is 0 Å². The molecular weight excluding hydrogens is 422 g/mol. The van der Waals surface area contributed by atoms with Gasteiger partial charge in [0.1, 0.15) is 11.6 Å². The fourth-order valence-electron chi connectivity index (χ4n) is 4.96. The maximum absolute atomic E-state index is 13.7. The molecule has 3 N–H and O–H groups in total. The number of benzene rings is 2. The highest BCUT2D eigenvalue weighted by Gasteiger charge is 2.34. The third kappa shape index (κ3) is 7.08. The van der Waals surface area contributed by atoms with Crippen LogP contribution < -0.4 is 10.6 Å². The van der Waals surface area contributed by atoms with Crippen molar-refractivity contribution >= 4 is 5.91 Å². The van der Waals surface area contributed by atoms with Crippen molar-refractivity contribution in [1.82, 2.24) is 10.6 Å². The Kier molecular flexibility index (Phi) is 8.98. The average Bonchev–Trinajstić information content (AvgIpc) is 3.03. The van der Waals surface area contributed by atoms with Crippen LogP contribution in [0.2, 0.25) is 0 Å². The number of hydrogen-bond acceptors (Lipinski definition) is 3. The Morgan fingerprint density at radius 1 is 1.03 bits per heavy atom. The highest BCUT2D eigenvalue weighted by molar-refractivity contribution is 5.73. The fraction of sp³-hybridized carbons (Fsp3) is 0.519. The molecule has 0 bridgehead atoms. The number of aryl methyl sites for hydroxylation is 1. The molecule has 4 nitrogen and oxygen atoms in total. The minimum Gasteiger partial charge on any atom is -0.390 e. The zero-order valence-electron chi connectivity index (χ0n) is 19.7. The Labute approximate surface area is 195 Å². The Bertz CT molecular complexity index is 906. The van der Waals surface area contributed by atoms with Crippen LogP contribution in [0.5, 0.6) is 0 Å². The Balaban J connectivity index is 1.79. The number of aliphatic hydroxyl groups excluding tert-OH is 1. The number of aliphatic hydroxyl groups is 1. The first kappa shape index (κ1) is 25.3. The third-order valence-corrected chi connectivity index (χ3v) is 6.73. The van der Waals surface area contributed by atoms with Gasteiger partial charge in [0.25, 0.3) is 0 Å². The summed E-state index contributed by atoms with van der Waals surface area (Å²) in [7, 11) is 0. The van der Waals surface area contributed by atoms with E-state index in [9.17, 15) is 18.7 Å². The summed E-state index contributed by atoms with van der Waals surface area (Å²) in [6, 6.07) is 11.3. The van der Waals surface area contributed by atoms with Crippen LogP contribution in [0.4, 0.5) is 8.78 Å². The van der Waals surface area contributed by atoms with E-state index in [-0.39, 0.29) is 24.4 Å². The normalized spacial score (nSPS) is 17.7. The van der Waals surface area contributed by atoms with Crippen molar-refractivity contribution in [3.8, 4) is 0 Å². The summed E-state index contributed by atoms with van der Waals surface area (Å²) in [5, 5.41) is 17.5. The molecule has 0 aliphatic heterocycles. The molecule has 0 radical (unpaired) electrons. The molecular formula is C27H36F2N2O2. The van der Waals surface area contributed by atoms with Gasteiger partial charge in [-0.15, -0.1) is 0 Å². The van der Waals surface area contributed by atoms with Crippen molar-refractivity contribution in [2.75, 3.05) is 6.54 Å². The van der Waals surface area contributed by atoms with Gasteiger partial charge in [0.15, 0.2) is 0 Å². The van der Waals surface area contributed by atoms with Gasteiger partial charge in [0.05, 0.1) is 12.1 Å². The molecule has 0 saturated heterocycles. The number of halogens is 2. The first-order valence-electron chi connectivity index (χ1n) is 12.1. The summed E-state index contributed by atoms with van der Waals surface area (Å²) in [6.45, 7) is 3.78. The number of carbonyl (C=O) groups is 1. The third-order valence-electron chi connectivity index (χ3n) is 6.73. The highest BCUT2D eigenvalue weighted by Crippen LogP contribution is 2.36. The molecule has 1 amide bonds. The standard InChI is InChI=1S/C27H36F2N2O2/c1-3-20-9-8-10-22(13-20)27(11-6-4-5-7-12-27)30-18-26(33)25(31-19(2)32)16-21-14-23(28)17-24(29)15-21/h8-10,13-15,17,25-26,30,33H,3-7,11-12,16,18H2,1-2H3,(H,31,32)/t25-,26+/m0/s1. The van der Waals surface area contributed by atoms with Gasteiger partial charge < -0.3 is 15.7 Å². The molecule has 1 saturated carbocycles. The number of carbonyl (C=O) groups excluding carboxylic acids is 1. The number of hydrogen-bond donors (Lipinski definition) is 3. The summed E-state index contributed by atoms with van der Waals surface area (Å²) in [5.41, 5.74) is 2.67. The molecule has 1 aliphatic carbocycles. The van der Waals surface area contributed by atoms with Gasteiger partial charge in [-0.1, -0.05) is 56.9 Å². The van der Waals surface area contributed by atoms with Crippen LogP contribution in [0, 0.1) is 11.6 Å². The first-order valence-corrected chi connectivity index (χ1v) is 12.1. The zero-order valence-corrected chi connectivity index (χ0v) is 19.7. The molecule has 2 aromatic carbocycles. The molecule has 0 spiro atoms. The average molecular weight is 459 g/mol. The lowest BCUT2D eigenvalue weighted by molar-refractivity contribution is -0.120. The zero-order chi connectivity index (χ0) is 23.8. The van der Waals surface area contributed by atoms with E-state index in [1.165, 1.54) is 43.0 Å². The van der Waals surface area contributed by atoms with Crippen molar-refractivity contribution < 1.29 is 18.7 Å². The van der Waals surface area contributed by atoms with Crippen LogP contribution in [0.3, 0.4) is 0 Å². The van der Waals surface area contributed by atoms with E-state index in [1.54, 1.807) is 0 Å². The minimum absolute atomic E-state index is 0.134. The van der Waals surface area contributed by atoms with Crippen molar-refractivity contribution in [2.45, 2.75) is 82.9 Å². The number of nitrogens with one attached hydrogen (secondary N) is 2. The maximum Gasteiger partial charge on any atom is 0.217 e. The molecule has 3 rings (SSSR count). The van der Waals surface area contributed by atoms with Gasteiger partial charge in [-0.25, -0.2) is 8.78 Å². The Morgan fingerprint density at radius 2 is 1.70 bits per heavy atom. The molecule has 6 heteroatoms. The predicted molar refractivity (Wildman–Crippen MR) is 127 cm³/mol. The van der Waals surface area contributed by atoms with Crippen molar-refractivity contribution in [3.05, 3.63) is 70.8 Å². The van der Waals surface area contributed by atoms with E-state index < -0.39 is 23.8 Å². The smallest absolute Gasteiger partial charge is 0.217 e. The largest absolute Gasteiger partial charge is 0.390 e. The molecule has 180 valence electrons. The van der Waals surface area contributed by atoms with E-state index in [0.29, 0.717) is 5.56 Å². The SMILES string of the molecule is CCc1cccc(C2(NC[C@@H](O)[C@H](Cc3cc(F)cc(F)c3)NC(C)=O)CCCCCC2)c1. The topological polar surface area (TPSA) is 61.4 Å². The lowest BCUT2D eigenvalue weighted by atomic mass is 9.81. The van der Waals surface area contributed by atoms with Crippen molar-refractivity contribution in [2.24, 2.45) is 0 Å². The van der Waals surface area contributed by atoms with Crippen LogP contribution in [-0.2, 0) is 23.2 Å². The van der Waals surface area contributed by atoms with E-state index in [2.05, 4.69) is 41.8 Å². The Morgan fingerprint density at radius 3 is 2.30 bits per heavy atom. The van der Waals surface area contributed by atoms with E-state index >= 15 is 0 Å². The second kappa shape index (κ2) is 11.7. The van der Waals surface area contributed by atoms with Crippen LogP contribution in [0.25, 0.3) is 0 Å². The molecule has 2 atom stereocenters. The number of rotatable bonds is 9. The lowest BCUT2D eigenvalue weighted by Gasteiger charge is -2.37. The molecule has 0 aromatic heterocycles. The van der Waals surface area contributed by atoms with Gasteiger partial charge in [-0.3, -0.25) is 4.79 Å². The van der Waals surface area contributed by atoms with Crippen LogP contribution in [0.15, 0.2) is 42.5 Å². The lowest BCUT2D eigenvalue weighted by Crippen LogP contribution is -2.52. The predicted octanol–water partition coefficient (Wildman–Crippen LogP) is 4.77. The Hall–Kier alpha value is -2.31. The summed E-state index contributed by atoms with van der Waals surface area (Å²) < 4.78 is 27.3. The second-order valence-corrected chi connectivity index (χ2v) is 9.29. The van der Waals surface area contributed by atoms with E-state index in [4.69, 9.17) is 0 Å². The van der Waals surface area contributed by atoms with E-state index in [0.717, 1.165) is 38.2 Å². The van der Waals surface area contributed by atoms with Crippen LogP contribution >= 0.6 is 0 Å². The summed E-state index contributed by atoms with van der Waals surface area (Å²) in [5.74, 6) is -1.64. The van der Waals surface area contributed by atoms with Crippen LogP contribution in [-0.4, -0.2) is 29.7 Å². The molecule has 33 heavy (non-hydrogen) atoms. The summed E-state index contributed by atoms with van der Waals surface area (Å²) in [4.78, 5) is 11.8. The highest BCUT2D eigenvalue weighted by atomic mass is 19.1. The molecule has 1 fully saturated rings. The molecule has 1 aliphatic rings. The first-order chi connectivity index (χ1) is 15.8. The summed E-state index contributed by atoms with van der Waals surface area (Å²) in [6.07, 6.45) is 6.73. The minimum atomic E-state index is -0.922. The molecule has 2 aromatic rings. The van der Waals surface area contributed by atoms with Gasteiger partial charge in [-0.05, 0) is 54.5 Å². The van der Waals surface area contributed by atoms with Crippen LogP contribution in [0.1, 0.15) is 69.1 Å². The van der Waals surface area contributed by atoms with Crippen molar-refractivity contribution in [3.63, 3.8) is 0 Å². The monoisotopic (exact) mass is 458 g/mol. The summed E-state index contributed by atoms with van der Waals surface area (Å²) >= 11 is 0. The quantitative estimate of drug-likeness (QED) is 0.474.